The second-order valence-corrected chi connectivity index (χ2v) is 1.89. The number of rotatable bonds is 4. The summed E-state index contributed by atoms with van der Waals surface area (Å²) in [6.07, 6.45) is 6.01. The zero-order valence-corrected chi connectivity index (χ0v) is 6.69. The van der Waals surface area contributed by atoms with Gasteiger partial charge in [-0.1, -0.05) is 18.2 Å². The summed E-state index contributed by atoms with van der Waals surface area (Å²) >= 11 is 0. The molecule has 1 N–H and O–H groups in total. The molecular weight excluding hydrogens is 183 g/mol. The van der Waals surface area contributed by atoms with Gasteiger partial charge in [0, 0.05) is 6.08 Å². The molecule has 0 saturated carbocycles. The molecule has 68 valence electrons. The molecule has 0 aromatic carbocycles. The molecule has 0 rings (SSSR count). The van der Waals surface area contributed by atoms with Crippen molar-refractivity contribution >= 4 is 41.5 Å². The fraction of sp³-hybridized carbons (Fsp3) is 0.250. The van der Waals surface area contributed by atoms with Crippen LogP contribution in [-0.4, -0.2) is 53.2 Å². The molecule has 0 saturated heterocycles. The van der Waals surface area contributed by atoms with Gasteiger partial charge in [0.1, 0.15) is 0 Å². The molecule has 0 heterocycles. The first kappa shape index (κ1) is 14.9. The van der Waals surface area contributed by atoms with Crippen LogP contribution in [0.2, 0.25) is 0 Å². The Kier molecular flexibility index (Phi) is 10.9. The van der Waals surface area contributed by atoms with Crippen molar-refractivity contribution in [2.75, 3.05) is 6.61 Å². The van der Waals surface area contributed by atoms with E-state index in [1.165, 1.54) is 6.08 Å². The van der Waals surface area contributed by atoms with Crippen LogP contribution in [0.15, 0.2) is 24.3 Å². The van der Waals surface area contributed by atoms with E-state index in [1.54, 1.807) is 19.1 Å². The Morgan fingerprint density at radius 3 is 2.46 bits per heavy atom. The Hall–Kier alpha value is -0.580. The van der Waals surface area contributed by atoms with Gasteiger partial charge in [0.05, 0.1) is 0 Å². The average molecular weight is 194 g/mol. The van der Waals surface area contributed by atoms with Crippen LogP contribution in [0.4, 0.5) is 0 Å². The molecule has 0 aliphatic heterocycles. The van der Waals surface area contributed by atoms with Gasteiger partial charge in [-0.15, -0.1) is 0 Å². The van der Waals surface area contributed by atoms with Crippen LogP contribution in [-0.2, 0) is 14.3 Å². The molecule has 0 atom stereocenters. The molecule has 13 heavy (non-hydrogen) atoms. The zero-order valence-electron chi connectivity index (χ0n) is 6.69. The topological polar surface area (TPSA) is 63.6 Å². The van der Waals surface area contributed by atoms with Gasteiger partial charge >= 0.3 is 41.5 Å². The minimum absolute atomic E-state index is 0. The molecule has 0 aliphatic carbocycles. The first-order valence-corrected chi connectivity index (χ1v) is 3.34. The fourth-order valence-corrected chi connectivity index (χ4v) is 0.426. The summed E-state index contributed by atoms with van der Waals surface area (Å²) in [7, 11) is 0. The number of carboxylic acids is 1. The van der Waals surface area contributed by atoms with Gasteiger partial charge in [-0.05, 0) is 6.92 Å². The first-order valence-electron chi connectivity index (χ1n) is 3.34. The number of carbonyl (C=O) groups excluding carboxylic acids is 1. The molecular formula is C8H11NaO4. The van der Waals surface area contributed by atoms with Crippen LogP contribution in [0.3, 0.4) is 0 Å². The van der Waals surface area contributed by atoms with Crippen molar-refractivity contribution in [3.8, 4) is 0 Å². The predicted octanol–water partition coefficient (Wildman–Crippen LogP) is 0.0980. The molecule has 4 nitrogen and oxygen atoms in total. The van der Waals surface area contributed by atoms with Gasteiger partial charge in [0.25, 0.3) is 0 Å². The van der Waals surface area contributed by atoms with Crippen LogP contribution in [0.1, 0.15) is 6.92 Å². The normalized spacial score (nSPS) is 9.92. The molecule has 0 unspecified atom stereocenters. The third kappa shape index (κ3) is 11.4. The summed E-state index contributed by atoms with van der Waals surface area (Å²) < 4.78 is 4.29. The molecule has 0 amide bonds. The standard InChI is InChI=1S/C8H10O4.Na.H/c1-2-3-4-5-8(11)12-6-7(9)10;;/h2-5H,6H2,1H3,(H,9,10);;/b3-2+,5-4+;;. The Bertz CT molecular complexity index is 220. The van der Waals surface area contributed by atoms with Crippen molar-refractivity contribution in [3.63, 3.8) is 0 Å². The van der Waals surface area contributed by atoms with E-state index in [0.29, 0.717) is 0 Å². The minimum atomic E-state index is -1.16. The van der Waals surface area contributed by atoms with Crippen LogP contribution >= 0.6 is 0 Å². The van der Waals surface area contributed by atoms with E-state index >= 15 is 0 Å². The van der Waals surface area contributed by atoms with Crippen molar-refractivity contribution in [3.05, 3.63) is 24.3 Å². The number of hydrogen-bond donors (Lipinski definition) is 1. The van der Waals surface area contributed by atoms with Gasteiger partial charge in [-0.3, -0.25) is 0 Å². The zero-order chi connectivity index (χ0) is 9.40. The van der Waals surface area contributed by atoms with E-state index in [-0.39, 0.29) is 29.6 Å². The molecule has 0 radical (unpaired) electrons. The van der Waals surface area contributed by atoms with Crippen LogP contribution in [0, 0.1) is 0 Å². The Balaban J connectivity index is 0. The molecule has 0 spiro atoms. The van der Waals surface area contributed by atoms with E-state index in [1.807, 2.05) is 0 Å². The predicted molar refractivity (Wildman–Crippen MR) is 49.7 cm³/mol. The van der Waals surface area contributed by atoms with Gasteiger partial charge in [-0.25, -0.2) is 9.59 Å². The number of esters is 1. The van der Waals surface area contributed by atoms with Gasteiger partial charge in [0.2, 0.25) is 0 Å². The van der Waals surface area contributed by atoms with Crippen LogP contribution < -0.4 is 0 Å². The fourth-order valence-electron chi connectivity index (χ4n) is 0.426. The summed E-state index contributed by atoms with van der Waals surface area (Å²) in [6.45, 7) is 1.20. The monoisotopic (exact) mass is 194 g/mol. The molecule has 0 bridgehead atoms. The molecule has 5 heteroatoms. The van der Waals surface area contributed by atoms with E-state index in [0.717, 1.165) is 6.08 Å². The van der Waals surface area contributed by atoms with E-state index in [2.05, 4.69) is 4.74 Å². The molecule has 0 aromatic rings. The maximum absolute atomic E-state index is 10.6. The number of allylic oxidation sites excluding steroid dienone is 3. The van der Waals surface area contributed by atoms with Gasteiger partial charge in [0.15, 0.2) is 6.61 Å². The maximum atomic E-state index is 10.6. The Morgan fingerprint density at radius 2 is 2.00 bits per heavy atom. The number of carbonyl (C=O) groups is 2. The first-order chi connectivity index (χ1) is 5.66. The van der Waals surface area contributed by atoms with E-state index in [4.69, 9.17) is 5.11 Å². The summed E-state index contributed by atoms with van der Waals surface area (Å²) in [4.78, 5) is 20.5. The van der Waals surface area contributed by atoms with Crippen molar-refractivity contribution in [2.24, 2.45) is 0 Å². The summed E-state index contributed by atoms with van der Waals surface area (Å²) in [5.74, 6) is -1.82. The summed E-state index contributed by atoms with van der Waals surface area (Å²) in [5, 5.41) is 8.12. The molecule has 0 fully saturated rings. The molecule has 0 aromatic heterocycles. The summed E-state index contributed by atoms with van der Waals surface area (Å²) in [6, 6.07) is 0. The number of hydrogen-bond acceptors (Lipinski definition) is 3. The van der Waals surface area contributed by atoms with E-state index in [9.17, 15) is 9.59 Å². The third-order valence-electron chi connectivity index (χ3n) is 0.874. The van der Waals surface area contributed by atoms with Crippen LogP contribution in [0.5, 0.6) is 0 Å². The third-order valence-corrected chi connectivity index (χ3v) is 0.874. The van der Waals surface area contributed by atoms with E-state index < -0.39 is 18.5 Å². The van der Waals surface area contributed by atoms with Crippen molar-refractivity contribution in [1.29, 1.82) is 0 Å². The SMILES string of the molecule is C/C=C/C=C/C(=O)OCC(=O)O.[NaH]. The van der Waals surface area contributed by atoms with Crippen molar-refractivity contribution in [1.82, 2.24) is 0 Å². The second-order valence-electron chi connectivity index (χ2n) is 1.89. The number of carboxylic acid groups (broad SMARTS) is 1. The number of ether oxygens (including phenoxy) is 1. The van der Waals surface area contributed by atoms with Gasteiger partial charge < -0.3 is 9.84 Å². The Labute approximate surface area is 98.6 Å². The average Bonchev–Trinajstić information content (AvgIpc) is 2.01. The van der Waals surface area contributed by atoms with Crippen molar-refractivity contribution in [2.45, 2.75) is 6.92 Å². The molecule has 0 aliphatic rings. The quantitative estimate of drug-likeness (QED) is 0.298. The van der Waals surface area contributed by atoms with Crippen molar-refractivity contribution < 1.29 is 19.4 Å². The Morgan fingerprint density at radius 1 is 1.38 bits per heavy atom. The van der Waals surface area contributed by atoms with Gasteiger partial charge in [-0.2, -0.15) is 0 Å². The summed E-state index contributed by atoms with van der Waals surface area (Å²) in [5.41, 5.74) is 0. The van der Waals surface area contributed by atoms with Crippen LogP contribution in [0.25, 0.3) is 0 Å². The second kappa shape index (κ2) is 9.51. The number of aliphatic carboxylic acids is 1.